The predicted octanol–water partition coefficient (Wildman–Crippen LogP) is -0.228. The van der Waals surface area contributed by atoms with Gasteiger partial charge in [-0.3, -0.25) is 14.5 Å². The molecule has 0 aliphatic carbocycles. The number of thioether (sulfide) groups is 1. The van der Waals surface area contributed by atoms with Gasteiger partial charge in [-0.25, -0.2) is 9.36 Å². The SMILES string of the molecule is CCO/N=C(\C(=O)NC1C(=O)N2C(C(=O)O)=C(C[n+]3cccc4[nH]c(C)nc43)CSC12)c1nsc(N)n1. The summed E-state index contributed by atoms with van der Waals surface area (Å²) in [5, 5.41) is 16.0. The number of pyridine rings is 1. The first-order valence-electron chi connectivity index (χ1n) is 11.1. The minimum atomic E-state index is -1.22. The molecule has 2 atom stereocenters. The molecule has 2 unspecified atom stereocenters. The second-order valence-electron chi connectivity index (χ2n) is 8.13. The molecule has 2 aliphatic heterocycles. The van der Waals surface area contributed by atoms with E-state index in [9.17, 15) is 19.5 Å². The summed E-state index contributed by atoms with van der Waals surface area (Å²) >= 11 is 2.25. The molecule has 2 amide bonds. The number of nitrogens with one attached hydrogen (secondary N) is 2. The number of aryl methyl sites for hydroxylation is 1. The van der Waals surface area contributed by atoms with Crippen molar-refractivity contribution in [2.75, 3.05) is 18.1 Å². The van der Waals surface area contributed by atoms with Crippen LogP contribution in [-0.4, -0.2) is 76.6 Å². The summed E-state index contributed by atoms with van der Waals surface area (Å²) in [6, 6.07) is 2.77. The molecule has 2 aliphatic rings. The number of nitrogens with zero attached hydrogens (tertiary/aromatic N) is 6. The summed E-state index contributed by atoms with van der Waals surface area (Å²) in [6.07, 6.45) is 1.81. The fraction of sp³-hybridized carbons (Fsp3) is 0.333. The number of β-lactam (4-membered cyclic amide) rings is 1. The Morgan fingerprint density at radius 2 is 2.24 bits per heavy atom. The van der Waals surface area contributed by atoms with E-state index < -0.39 is 29.2 Å². The Bertz CT molecular complexity index is 1480. The zero-order valence-electron chi connectivity index (χ0n) is 19.7. The van der Waals surface area contributed by atoms with Crippen LogP contribution in [0.3, 0.4) is 0 Å². The van der Waals surface area contributed by atoms with Gasteiger partial charge in [-0.1, -0.05) is 5.16 Å². The first-order valence-corrected chi connectivity index (χ1v) is 13.0. The topological polar surface area (TPSA) is 193 Å². The number of fused-ring (bicyclic) bond motifs is 2. The maximum absolute atomic E-state index is 13.1. The summed E-state index contributed by atoms with van der Waals surface area (Å²) in [7, 11) is 0. The lowest BCUT2D eigenvalue weighted by atomic mass is 10.0. The van der Waals surface area contributed by atoms with Crippen LogP contribution in [0.1, 0.15) is 18.6 Å². The zero-order chi connectivity index (χ0) is 26.3. The van der Waals surface area contributed by atoms with Crippen molar-refractivity contribution in [1.82, 2.24) is 29.5 Å². The van der Waals surface area contributed by atoms with E-state index in [-0.39, 0.29) is 35.5 Å². The van der Waals surface area contributed by atoms with Crippen molar-refractivity contribution in [1.29, 1.82) is 0 Å². The van der Waals surface area contributed by atoms with Gasteiger partial charge in [-0.05, 0) is 24.0 Å². The number of aliphatic carboxylic acids is 1. The molecule has 192 valence electrons. The smallest absolute Gasteiger partial charge is 0.352 e. The van der Waals surface area contributed by atoms with Crippen molar-refractivity contribution in [3.8, 4) is 0 Å². The molecule has 5 rings (SSSR count). The number of aromatic nitrogens is 5. The highest BCUT2D eigenvalue weighted by Crippen LogP contribution is 2.40. The van der Waals surface area contributed by atoms with Crippen molar-refractivity contribution >= 4 is 63.1 Å². The van der Waals surface area contributed by atoms with Gasteiger partial charge in [-0.15, -0.1) is 11.8 Å². The number of carbonyl (C=O) groups excluding carboxylic acids is 2. The van der Waals surface area contributed by atoms with Crippen molar-refractivity contribution < 1.29 is 28.9 Å². The minimum Gasteiger partial charge on any atom is -0.477 e. The van der Waals surface area contributed by atoms with E-state index in [2.05, 4.69) is 29.8 Å². The number of carboxylic acid groups (broad SMARTS) is 1. The number of rotatable bonds is 8. The van der Waals surface area contributed by atoms with Crippen LogP contribution in [0.5, 0.6) is 0 Å². The minimum absolute atomic E-state index is 0.0263. The fourth-order valence-corrected chi connectivity index (χ4v) is 5.91. The Balaban J connectivity index is 1.38. The molecule has 14 nitrogen and oxygen atoms in total. The molecule has 3 aromatic rings. The molecule has 0 aromatic carbocycles. The molecule has 0 saturated carbocycles. The number of hydrogen-bond donors (Lipinski definition) is 4. The molecule has 0 radical (unpaired) electrons. The van der Waals surface area contributed by atoms with Crippen LogP contribution in [0, 0.1) is 6.92 Å². The molecule has 0 bridgehead atoms. The van der Waals surface area contributed by atoms with Crippen molar-refractivity contribution in [2.24, 2.45) is 5.16 Å². The van der Waals surface area contributed by atoms with Gasteiger partial charge in [0.1, 0.15) is 35.8 Å². The van der Waals surface area contributed by atoms with E-state index in [1.54, 1.807) is 6.92 Å². The maximum atomic E-state index is 13.1. The third-order valence-electron chi connectivity index (χ3n) is 5.68. The van der Waals surface area contributed by atoms with E-state index >= 15 is 0 Å². The number of carboxylic acids is 1. The van der Waals surface area contributed by atoms with E-state index in [0.29, 0.717) is 17.0 Å². The number of nitrogen functional groups attached to an aromatic ring is 1. The zero-order valence-corrected chi connectivity index (χ0v) is 21.3. The Labute approximate surface area is 217 Å². The molecule has 16 heteroatoms. The molecular formula is C21H22N9O5S2+. The molecule has 1 fully saturated rings. The van der Waals surface area contributed by atoms with Crippen LogP contribution >= 0.6 is 23.3 Å². The number of oxime groups is 1. The number of anilines is 1. The standard InChI is InChI=1S/C21H21N9O5S2/c1-3-35-27-12(15-26-21(22)37-28-15)17(31)25-13-18(32)30-14(20(33)34)10(8-36-19(13)30)7-29-6-4-5-11-16(29)24-9(2)23-11/h4-6,13,19H,3,7-8H2,1-2H3,(H4,22,25,26,28,31,33,34)/p+1/b27-12-. The van der Waals surface area contributed by atoms with Gasteiger partial charge < -0.3 is 26.0 Å². The van der Waals surface area contributed by atoms with E-state index in [0.717, 1.165) is 22.9 Å². The number of hydrogen-bond acceptors (Lipinski definition) is 11. The van der Waals surface area contributed by atoms with Gasteiger partial charge in [0, 0.05) is 29.8 Å². The van der Waals surface area contributed by atoms with E-state index in [1.807, 2.05) is 29.8 Å². The summed E-state index contributed by atoms with van der Waals surface area (Å²) in [4.78, 5) is 56.2. The maximum Gasteiger partial charge on any atom is 0.352 e. The second kappa shape index (κ2) is 9.78. The monoisotopic (exact) mass is 544 g/mol. The van der Waals surface area contributed by atoms with Crippen LogP contribution in [-0.2, 0) is 25.8 Å². The summed E-state index contributed by atoms with van der Waals surface area (Å²) in [5.41, 5.74) is 7.37. The average Bonchev–Trinajstić information content (AvgIpc) is 3.47. The van der Waals surface area contributed by atoms with Crippen LogP contribution < -0.4 is 15.6 Å². The summed E-state index contributed by atoms with van der Waals surface area (Å²) in [6.45, 7) is 3.97. The Hall–Kier alpha value is -4.05. The largest absolute Gasteiger partial charge is 0.477 e. The highest BCUT2D eigenvalue weighted by molar-refractivity contribution is 8.00. The highest BCUT2D eigenvalue weighted by atomic mass is 32.2. The normalized spacial score (nSPS) is 19.6. The molecule has 1 saturated heterocycles. The fourth-order valence-electron chi connectivity index (χ4n) is 4.14. The first kappa shape index (κ1) is 24.6. The van der Waals surface area contributed by atoms with E-state index in [4.69, 9.17) is 10.6 Å². The molecule has 37 heavy (non-hydrogen) atoms. The summed E-state index contributed by atoms with van der Waals surface area (Å²) in [5.74, 6) is -1.43. The highest BCUT2D eigenvalue weighted by Gasteiger charge is 2.54. The van der Waals surface area contributed by atoms with Gasteiger partial charge in [0.15, 0.2) is 5.13 Å². The third-order valence-corrected chi connectivity index (χ3v) is 7.56. The van der Waals surface area contributed by atoms with E-state index in [1.165, 1.54) is 16.7 Å². The summed E-state index contributed by atoms with van der Waals surface area (Å²) < 4.78 is 5.83. The third kappa shape index (κ3) is 4.48. The van der Waals surface area contributed by atoms with Crippen LogP contribution in [0.15, 0.2) is 34.8 Å². The lowest BCUT2D eigenvalue weighted by Crippen LogP contribution is -2.71. The Morgan fingerprint density at radius 3 is 2.95 bits per heavy atom. The molecule has 0 spiro atoms. The lowest BCUT2D eigenvalue weighted by molar-refractivity contribution is -0.664. The Morgan fingerprint density at radius 1 is 1.43 bits per heavy atom. The number of amides is 2. The lowest BCUT2D eigenvalue weighted by Gasteiger charge is -2.49. The van der Waals surface area contributed by atoms with Crippen molar-refractivity contribution in [3.05, 3.63) is 41.2 Å². The second-order valence-corrected chi connectivity index (χ2v) is 10.0. The van der Waals surface area contributed by atoms with Gasteiger partial charge in [-0.2, -0.15) is 9.36 Å². The molecular weight excluding hydrogens is 522 g/mol. The first-order chi connectivity index (χ1) is 17.8. The van der Waals surface area contributed by atoms with Crippen molar-refractivity contribution in [3.63, 3.8) is 0 Å². The number of aromatic amines is 1. The molecule has 5 heterocycles. The quantitative estimate of drug-likeness (QED) is 0.127. The van der Waals surface area contributed by atoms with Crippen molar-refractivity contribution in [2.45, 2.75) is 31.8 Å². The van der Waals surface area contributed by atoms with Gasteiger partial charge >= 0.3 is 11.6 Å². The number of H-pyrrole nitrogens is 1. The molecule has 5 N–H and O–H groups in total. The van der Waals surface area contributed by atoms with Gasteiger partial charge in [0.05, 0.1) is 6.20 Å². The average molecular weight is 545 g/mol. The molecule has 3 aromatic heterocycles. The van der Waals surface area contributed by atoms with Crippen LogP contribution in [0.2, 0.25) is 0 Å². The number of imidazole rings is 1. The number of carbonyl (C=O) groups is 3. The number of nitrogens with two attached hydrogens (primary N) is 1. The Kier molecular flexibility index (Phi) is 6.51. The van der Waals surface area contributed by atoms with Crippen LogP contribution in [0.4, 0.5) is 5.13 Å². The van der Waals surface area contributed by atoms with Crippen LogP contribution in [0.25, 0.3) is 11.2 Å². The predicted molar refractivity (Wildman–Crippen MR) is 133 cm³/mol. The van der Waals surface area contributed by atoms with Gasteiger partial charge in [0.2, 0.25) is 17.4 Å². The van der Waals surface area contributed by atoms with Gasteiger partial charge in [0.25, 0.3) is 11.8 Å².